The second kappa shape index (κ2) is 7.11. The summed E-state index contributed by atoms with van der Waals surface area (Å²) in [7, 11) is 2.94. The lowest BCUT2D eigenvalue weighted by Gasteiger charge is -2.28. The van der Waals surface area contributed by atoms with E-state index in [0.717, 1.165) is 30.7 Å². The van der Waals surface area contributed by atoms with Crippen LogP contribution in [0, 0.1) is 5.92 Å². The second-order valence-electron chi connectivity index (χ2n) is 5.19. The van der Waals surface area contributed by atoms with E-state index in [9.17, 15) is 9.59 Å². The van der Waals surface area contributed by atoms with Crippen LogP contribution in [-0.2, 0) is 14.3 Å². The van der Waals surface area contributed by atoms with Crippen LogP contribution in [0.4, 0.5) is 5.69 Å². The fourth-order valence-corrected chi connectivity index (χ4v) is 2.68. The maximum absolute atomic E-state index is 12.1. The molecule has 0 amide bonds. The normalized spacial score (nSPS) is 19.7. The van der Waals surface area contributed by atoms with Gasteiger partial charge >= 0.3 is 5.97 Å². The molecule has 1 fully saturated rings. The van der Waals surface area contributed by atoms with E-state index in [1.54, 1.807) is 19.2 Å². The van der Waals surface area contributed by atoms with E-state index >= 15 is 0 Å². The first-order valence-electron chi connectivity index (χ1n) is 7.17. The predicted octanol–water partition coefficient (Wildman–Crippen LogP) is 2.41. The average molecular weight is 291 g/mol. The van der Waals surface area contributed by atoms with Crippen LogP contribution in [-0.4, -0.2) is 32.0 Å². The molecule has 1 aromatic carbocycles. The van der Waals surface area contributed by atoms with Gasteiger partial charge in [-0.3, -0.25) is 4.79 Å². The molecule has 1 saturated carbocycles. The molecule has 0 saturated heterocycles. The van der Waals surface area contributed by atoms with Gasteiger partial charge in [-0.1, -0.05) is 6.42 Å². The van der Waals surface area contributed by atoms with Crippen molar-refractivity contribution in [2.75, 3.05) is 19.5 Å². The van der Waals surface area contributed by atoms with Crippen LogP contribution in [0.2, 0.25) is 0 Å². The van der Waals surface area contributed by atoms with Gasteiger partial charge in [0.1, 0.15) is 17.6 Å². The van der Waals surface area contributed by atoms with Crippen LogP contribution in [0.5, 0.6) is 5.75 Å². The Morgan fingerprint density at radius 1 is 1.24 bits per heavy atom. The number of ether oxygens (including phenoxy) is 2. The minimum Gasteiger partial charge on any atom is -0.497 e. The van der Waals surface area contributed by atoms with Crippen LogP contribution >= 0.6 is 0 Å². The number of carbonyl (C=O) groups is 2. The van der Waals surface area contributed by atoms with Crippen molar-refractivity contribution in [3.05, 3.63) is 24.3 Å². The molecule has 2 atom stereocenters. The van der Waals surface area contributed by atoms with Crippen LogP contribution in [0.3, 0.4) is 0 Å². The number of ketones is 1. The number of hydrogen-bond acceptors (Lipinski definition) is 5. The third-order valence-electron chi connectivity index (χ3n) is 3.87. The molecule has 0 radical (unpaired) electrons. The van der Waals surface area contributed by atoms with Gasteiger partial charge < -0.3 is 14.8 Å². The molecule has 1 N–H and O–H groups in total. The van der Waals surface area contributed by atoms with Crippen LogP contribution < -0.4 is 10.1 Å². The molecule has 1 aromatic rings. The smallest absolute Gasteiger partial charge is 0.329 e. The van der Waals surface area contributed by atoms with Gasteiger partial charge in [-0.15, -0.1) is 0 Å². The van der Waals surface area contributed by atoms with Crippen LogP contribution in [0.1, 0.15) is 25.7 Å². The maximum atomic E-state index is 12.1. The molecule has 1 aliphatic carbocycles. The summed E-state index contributed by atoms with van der Waals surface area (Å²) >= 11 is 0. The zero-order valence-corrected chi connectivity index (χ0v) is 12.4. The van der Waals surface area contributed by atoms with E-state index in [4.69, 9.17) is 9.47 Å². The Morgan fingerprint density at radius 3 is 2.52 bits per heavy atom. The molecule has 114 valence electrons. The summed E-state index contributed by atoms with van der Waals surface area (Å²) in [6.45, 7) is 0. The Labute approximate surface area is 124 Å². The SMILES string of the molecule is COC(=O)[C@H](Nc1ccc(OC)cc1)[C@H]1CCCCC1=O. The summed E-state index contributed by atoms with van der Waals surface area (Å²) < 4.78 is 9.96. The molecule has 0 aliphatic heterocycles. The number of methoxy groups -OCH3 is 2. The third kappa shape index (κ3) is 3.74. The fourth-order valence-electron chi connectivity index (χ4n) is 2.68. The first-order valence-corrected chi connectivity index (χ1v) is 7.17. The average Bonchev–Trinajstić information content (AvgIpc) is 2.53. The molecule has 1 aliphatic rings. The summed E-state index contributed by atoms with van der Waals surface area (Å²) in [6.07, 6.45) is 3.14. The lowest BCUT2D eigenvalue weighted by molar-refractivity contribution is -0.145. The summed E-state index contributed by atoms with van der Waals surface area (Å²) in [5.74, 6) is 0.168. The molecule has 21 heavy (non-hydrogen) atoms. The molecule has 5 heteroatoms. The van der Waals surface area contributed by atoms with Gasteiger partial charge in [0, 0.05) is 18.0 Å². The Hall–Kier alpha value is -2.04. The van der Waals surface area contributed by atoms with Crippen molar-refractivity contribution >= 4 is 17.4 Å². The van der Waals surface area contributed by atoms with Gasteiger partial charge in [-0.05, 0) is 37.1 Å². The Balaban J connectivity index is 2.15. The molecule has 5 nitrogen and oxygen atoms in total. The molecule has 0 bridgehead atoms. The van der Waals surface area contributed by atoms with Gasteiger partial charge in [0.15, 0.2) is 0 Å². The minimum absolute atomic E-state index is 0.137. The maximum Gasteiger partial charge on any atom is 0.329 e. The Bertz CT molecular complexity index is 498. The summed E-state index contributed by atoms with van der Waals surface area (Å²) in [5.41, 5.74) is 0.768. The number of Topliss-reactive ketones (excluding diaryl/α,β-unsaturated/α-hetero) is 1. The summed E-state index contributed by atoms with van der Waals surface area (Å²) in [6, 6.07) is 6.62. The van der Waals surface area contributed by atoms with E-state index in [-0.39, 0.29) is 11.7 Å². The van der Waals surface area contributed by atoms with Crippen molar-refractivity contribution in [2.24, 2.45) is 5.92 Å². The lowest BCUT2D eigenvalue weighted by Crippen LogP contribution is -2.43. The van der Waals surface area contributed by atoms with E-state index in [1.807, 2.05) is 12.1 Å². The Morgan fingerprint density at radius 2 is 1.95 bits per heavy atom. The largest absolute Gasteiger partial charge is 0.497 e. The molecular formula is C16H21NO4. The zero-order chi connectivity index (χ0) is 15.2. The monoisotopic (exact) mass is 291 g/mol. The second-order valence-corrected chi connectivity index (χ2v) is 5.19. The molecular weight excluding hydrogens is 270 g/mol. The van der Waals surface area contributed by atoms with Crippen LogP contribution in [0.25, 0.3) is 0 Å². The van der Waals surface area contributed by atoms with Crippen molar-refractivity contribution in [3.63, 3.8) is 0 Å². The zero-order valence-electron chi connectivity index (χ0n) is 12.4. The Kier molecular flexibility index (Phi) is 5.20. The number of esters is 1. The number of carbonyl (C=O) groups excluding carboxylic acids is 2. The summed E-state index contributed by atoms with van der Waals surface area (Å²) in [5, 5.41) is 3.13. The standard InChI is InChI=1S/C16H21NO4/c1-20-12-9-7-11(8-10-12)17-15(16(19)21-2)13-5-3-4-6-14(13)18/h7-10,13,15,17H,3-6H2,1-2H3/t13-,15+/m0/s1. The topological polar surface area (TPSA) is 64.6 Å². The first-order chi connectivity index (χ1) is 10.2. The van der Waals surface area contributed by atoms with Crippen molar-refractivity contribution in [1.29, 1.82) is 0 Å². The minimum atomic E-state index is -0.629. The van der Waals surface area contributed by atoms with Gasteiger partial charge in [-0.25, -0.2) is 4.79 Å². The molecule has 0 spiro atoms. The lowest BCUT2D eigenvalue weighted by atomic mass is 9.82. The highest BCUT2D eigenvalue weighted by Crippen LogP contribution is 2.27. The summed E-state index contributed by atoms with van der Waals surface area (Å²) in [4.78, 5) is 24.1. The van der Waals surface area contributed by atoms with E-state index in [2.05, 4.69) is 5.32 Å². The number of hydrogen-bond donors (Lipinski definition) is 1. The highest BCUT2D eigenvalue weighted by molar-refractivity contribution is 5.91. The molecule has 2 rings (SSSR count). The highest BCUT2D eigenvalue weighted by Gasteiger charge is 2.35. The van der Waals surface area contributed by atoms with Gasteiger partial charge in [0.05, 0.1) is 14.2 Å². The van der Waals surface area contributed by atoms with Crippen molar-refractivity contribution in [2.45, 2.75) is 31.7 Å². The van der Waals surface area contributed by atoms with Gasteiger partial charge in [0.25, 0.3) is 0 Å². The van der Waals surface area contributed by atoms with Crippen LogP contribution in [0.15, 0.2) is 24.3 Å². The molecule has 0 aromatic heterocycles. The van der Waals surface area contributed by atoms with Crippen molar-refractivity contribution in [1.82, 2.24) is 0 Å². The van der Waals surface area contributed by atoms with E-state index in [0.29, 0.717) is 6.42 Å². The van der Waals surface area contributed by atoms with E-state index in [1.165, 1.54) is 7.11 Å². The highest BCUT2D eigenvalue weighted by atomic mass is 16.5. The predicted molar refractivity (Wildman–Crippen MR) is 79.4 cm³/mol. The molecule has 0 heterocycles. The molecule has 0 unspecified atom stereocenters. The van der Waals surface area contributed by atoms with Gasteiger partial charge in [0.2, 0.25) is 0 Å². The quantitative estimate of drug-likeness (QED) is 0.844. The first kappa shape index (κ1) is 15.4. The fraction of sp³-hybridized carbons (Fsp3) is 0.500. The third-order valence-corrected chi connectivity index (χ3v) is 3.87. The number of benzene rings is 1. The number of rotatable bonds is 5. The number of anilines is 1. The van der Waals surface area contributed by atoms with Crippen molar-refractivity contribution in [3.8, 4) is 5.75 Å². The van der Waals surface area contributed by atoms with Gasteiger partial charge in [-0.2, -0.15) is 0 Å². The van der Waals surface area contributed by atoms with Crippen molar-refractivity contribution < 1.29 is 19.1 Å². The number of nitrogens with one attached hydrogen (secondary N) is 1. The van der Waals surface area contributed by atoms with E-state index < -0.39 is 12.0 Å².